The maximum Gasteiger partial charge on any atom is 0.419 e. The Morgan fingerprint density at radius 2 is 2.17 bits per heavy atom. The molecular formula is C14H20N2O2. The van der Waals surface area contributed by atoms with E-state index in [4.69, 9.17) is 4.42 Å². The fraction of sp³-hybridized carbons (Fsp3) is 0.500. The average Bonchev–Trinajstić information content (AvgIpc) is 2.65. The molecule has 0 radical (unpaired) electrons. The number of rotatable bonds is 4. The average molecular weight is 248 g/mol. The molecule has 4 heteroatoms. The number of fused-ring (bicyclic) bond motifs is 1. The molecule has 2 unspecified atom stereocenters. The van der Waals surface area contributed by atoms with Gasteiger partial charge in [0, 0.05) is 13.1 Å². The van der Waals surface area contributed by atoms with Crippen LogP contribution in [0.4, 0.5) is 0 Å². The summed E-state index contributed by atoms with van der Waals surface area (Å²) in [5, 5.41) is 3.33. The van der Waals surface area contributed by atoms with Crippen LogP contribution in [0.5, 0.6) is 0 Å². The second kappa shape index (κ2) is 4.98. The molecule has 1 N–H and O–H groups in total. The zero-order chi connectivity index (χ0) is 13.3. The van der Waals surface area contributed by atoms with Crippen molar-refractivity contribution in [3.8, 4) is 0 Å². The summed E-state index contributed by atoms with van der Waals surface area (Å²) in [6.45, 7) is 4.39. The molecule has 98 valence electrons. The van der Waals surface area contributed by atoms with Crippen molar-refractivity contribution in [3.05, 3.63) is 34.3 Å². The van der Waals surface area contributed by atoms with Crippen molar-refractivity contribution in [1.82, 2.24) is 9.88 Å². The summed E-state index contributed by atoms with van der Waals surface area (Å²) in [6.07, 6.45) is 1.10. The number of hydrogen-bond acceptors (Lipinski definition) is 3. The maximum absolute atomic E-state index is 11.5. The van der Waals surface area contributed by atoms with Gasteiger partial charge in [0.05, 0.1) is 5.52 Å². The van der Waals surface area contributed by atoms with Gasteiger partial charge >= 0.3 is 5.76 Å². The Morgan fingerprint density at radius 3 is 2.78 bits per heavy atom. The van der Waals surface area contributed by atoms with Gasteiger partial charge in [-0.1, -0.05) is 26.3 Å². The highest BCUT2D eigenvalue weighted by Crippen LogP contribution is 2.26. The molecule has 1 aromatic heterocycles. The SMILES string of the molecule is CCC(C)C(NC)c1ccc2c(c1)oc(=O)n2C. The van der Waals surface area contributed by atoms with E-state index >= 15 is 0 Å². The van der Waals surface area contributed by atoms with Crippen LogP contribution in [0.25, 0.3) is 11.1 Å². The largest absolute Gasteiger partial charge is 0.419 e. The summed E-state index contributed by atoms with van der Waals surface area (Å²) in [5.41, 5.74) is 2.65. The lowest BCUT2D eigenvalue weighted by Gasteiger charge is -2.22. The van der Waals surface area contributed by atoms with Crippen LogP contribution in [0.1, 0.15) is 31.9 Å². The monoisotopic (exact) mass is 248 g/mol. The fourth-order valence-corrected chi connectivity index (χ4v) is 2.36. The van der Waals surface area contributed by atoms with Crippen molar-refractivity contribution >= 4 is 11.1 Å². The highest BCUT2D eigenvalue weighted by Gasteiger charge is 2.17. The van der Waals surface area contributed by atoms with E-state index in [-0.39, 0.29) is 11.8 Å². The molecule has 0 saturated heterocycles. The smallest absolute Gasteiger partial charge is 0.408 e. The first kappa shape index (κ1) is 12.9. The number of nitrogens with zero attached hydrogens (tertiary/aromatic N) is 1. The van der Waals surface area contributed by atoms with Crippen LogP contribution in [0.15, 0.2) is 27.4 Å². The van der Waals surface area contributed by atoms with Gasteiger partial charge in [-0.05, 0) is 30.7 Å². The van der Waals surface area contributed by atoms with Crippen molar-refractivity contribution in [2.24, 2.45) is 13.0 Å². The molecule has 18 heavy (non-hydrogen) atoms. The Labute approximate surface area is 107 Å². The second-order valence-corrected chi connectivity index (χ2v) is 4.81. The highest BCUT2D eigenvalue weighted by atomic mass is 16.4. The molecule has 0 amide bonds. The molecule has 0 fully saturated rings. The molecule has 4 nitrogen and oxygen atoms in total. The van der Waals surface area contributed by atoms with Crippen molar-refractivity contribution in [3.63, 3.8) is 0 Å². The van der Waals surface area contributed by atoms with Crippen molar-refractivity contribution < 1.29 is 4.42 Å². The molecule has 2 rings (SSSR count). The van der Waals surface area contributed by atoms with Crippen LogP contribution in [-0.2, 0) is 7.05 Å². The molecule has 0 aliphatic carbocycles. The van der Waals surface area contributed by atoms with Gasteiger partial charge in [-0.25, -0.2) is 4.79 Å². The van der Waals surface area contributed by atoms with E-state index in [2.05, 4.69) is 25.2 Å². The van der Waals surface area contributed by atoms with Gasteiger partial charge in [-0.2, -0.15) is 0 Å². The molecule has 2 atom stereocenters. The van der Waals surface area contributed by atoms with Gasteiger partial charge in [-0.3, -0.25) is 4.57 Å². The van der Waals surface area contributed by atoms with Gasteiger partial charge < -0.3 is 9.73 Å². The van der Waals surface area contributed by atoms with E-state index in [1.54, 1.807) is 7.05 Å². The fourth-order valence-electron chi connectivity index (χ4n) is 2.36. The summed E-state index contributed by atoms with van der Waals surface area (Å²) in [6, 6.07) is 6.25. The standard InChI is InChI=1S/C14H20N2O2/c1-5-9(2)13(15-3)10-6-7-11-12(8-10)18-14(17)16(11)4/h6-9,13,15H,5H2,1-4H3. The van der Waals surface area contributed by atoms with E-state index < -0.39 is 0 Å². The predicted octanol–water partition coefficient (Wildman–Crippen LogP) is 2.44. The number of aryl methyl sites for hydroxylation is 1. The molecule has 0 spiro atoms. The first-order valence-electron chi connectivity index (χ1n) is 6.35. The lowest BCUT2D eigenvalue weighted by atomic mass is 9.92. The van der Waals surface area contributed by atoms with Gasteiger partial charge in [-0.15, -0.1) is 0 Å². The lowest BCUT2D eigenvalue weighted by molar-refractivity contribution is 0.400. The number of oxazole rings is 1. The van der Waals surface area contributed by atoms with Gasteiger partial charge in [0.15, 0.2) is 5.58 Å². The van der Waals surface area contributed by atoms with E-state index in [1.807, 2.05) is 19.2 Å². The zero-order valence-corrected chi connectivity index (χ0v) is 11.4. The van der Waals surface area contributed by atoms with Crippen LogP contribution in [0.3, 0.4) is 0 Å². The van der Waals surface area contributed by atoms with E-state index in [0.717, 1.165) is 17.5 Å². The van der Waals surface area contributed by atoms with Crippen LogP contribution in [0, 0.1) is 5.92 Å². The zero-order valence-electron chi connectivity index (χ0n) is 11.4. The van der Waals surface area contributed by atoms with Crippen molar-refractivity contribution in [2.75, 3.05) is 7.05 Å². The minimum atomic E-state index is -0.313. The molecule has 0 aliphatic heterocycles. The lowest BCUT2D eigenvalue weighted by Crippen LogP contribution is -2.22. The Hall–Kier alpha value is -1.55. The van der Waals surface area contributed by atoms with Crippen LogP contribution >= 0.6 is 0 Å². The summed E-state index contributed by atoms with van der Waals surface area (Å²) >= 11 is 0. The molecule has 0 bridgehead atoms. The summed E-state index contributed by atoms with van der Waals surface area (Å²) in [7, 11) is 3.68. The third kappa shape index (κ3) is 2.08. The van der Waals surface area contributed by atoms with Crippen LogP contribution < -0.4 is 11.1 Å². The minimum absolute atomic E-state index is 0.282. The summed E-state index contributed by atoms with van der Waals surface area (Å²) in [5.74, 6) is 0.217. The Bertz CT molecular complexity index is 597. The summed E-state index contributed by atoms with van der Waals surface area (Å²) in [4.78, 5) is 11.5. The number of hydrogen-bond donors (Lipinski definition) is 1. The predicted molar refractivity (Wildman–Crippen MR) is 72.7 cm³/mol. The van der Waals surface area contributed by atoms with Crippen LogP contribution in [-0.4, -0.2) is 11.6 Å². The normalized spacial score (nSPS) is 14.9. The Kier molecular flexibility index (Phi) is 3.57. The quantitative estimate of drug-likeness (QED) is 0.904. The van der Waals surface area contributed by atoms with Gasteiger partial charge in [0.1, 0.15) is 0 Å². The van der Waals surface area contributed by atoms with Crippen molar-refractivity contribution in [1.29, 1.82) is 0 Å². The van der Waals surface area contributed by atoms with Gasteiger partial charge in [0.25, 0.3) is 0 Å². The molecule has 1 aromatic carbocycles. The number of aromatic nitrogens is 1. The Morgan fingerprint density at radius 1 is 1.44 bits per heavy atom. The highest BCUT2D eigenvalue weighted by molar-refractivity contribution is 5.73. The number of benzene rings is 1. The maximum atomic E-state index is 11.5. The third-order valence-corrected chi connectivity index (χ3v) is 3.70. The molecule has 2 aromatic rings. The topological polar surface area (TPSA) is 47.2 Å². The first-order chi connectivity index (χ1) is 8.58. The molecular weight excluding hydrogens is 228 g/mol. The number of nitrogens with one attached hydrogen (secondary N) is 1. The molecule has 0 aliphatic rings. The van der Waals surface area contributed by atoms with Crippen LogP contribution in [0.2, 0.25) is 0 Å². The Balaban J connectivity index is 2.49. The van der Waals surface area contributed by atoms with Gasteiger partial charge in [0.2, 0.25) is 0 Å². The minimum Gasteiger partial charge on any atom is -0.408 e. The molecule has 1 heterocycles. The van der Waals surface area contributed by atoms with E-state index in [9.17, 15) is 4.79 Å². The van der Waals surface area contributed by atoms with Crippen molar-refractivity contribution in [2.45, 2.75) is 26.3 Å². The second-order valence-electron chi connectivity index (χ2n) is 4.81. The summed E-state index contributed by atoms with van der Waals surface area (Å²) < 4.78 is 6.75. The van der Waals surface area contributed by atoms with E-state index in [1.165, 1.54) is 4.57 Å². The first-order valence-corrected chi connectivity index (χ1v) is 6.35. The molecule has 0 saturated carbocycles. The van der Waals surface area contributed by atoms with E-state index in [0.29, 0.717) is 11.5 Å². The third-order valence-electron chi connectivity index (χ3n) is 3.70.